The van der Waals surface area contributed by atoms with Gasteiger partial charge in [0.05, 0.1) is 5.92 Å². The predicted octanol–water partition coefficient (Wildman–Crippen LogP) is 2.92. The van der Waals surface area contributed by atoms with Gasteiger partial charge in [-0.3, -0.25) is 4.79 Å². The molecule has 0 saturated carbocycles. The summed E-state index contributed by atoms with van der Waals surface area (Å²) in [4.78, 5) is 16.3. The van der Waals surface area contributed by atoms with Crippen LogP contribution in [-0.4, -0.2) is 23.9 Å². The molecule has 1 unspecified atom stereocenters. The smallest absolute Gasteiger partial charge is 0.228 e. The number of anilines is 1. The van der Waals surface area contributed by atoms with E-state index in [0.717, 1.165) is 32.5 Å². The average molecular weight is 298 g/mol. The molecule has 1 aromatic heterocycles. The maximum Gasteiger partial charge on any atom is 0.228 e. The standard InChI is InChI=1S/C17H18N2OS/c20-17(19-7-5-16-13(11-19)6-8-21-16)14-9-12-3-1-2-4-15(12)18-10-14/h1-4,6,8,14,18H,5,7,9-11H2. The second-order valence-corrected chi connectivity index (χ2v) is 6.82. The summed E-state index contributed by atoms with van der Waals surface area (Å²) >= 11 is 1.82. The highest BCUT2D eigenvalue weighted by atomic mass is 32.1. The molecular formula is C17H18N2OS. The SMILES string of the molecule is O=C(C1CNc2ccccc2C1)N1CCc2sccc2C1. The molecule has 1 amide bonds. The van der Waals surface area contributed by atoms with Crippen LogP contribution in [0.15, 0.2) is 35.7 Å². The topological polar surface area (TPSA) is 32.3 Å². The summed E-state index contributed by atoms with van der Waals surface area (Å²) in [6, 6.07) is 10.5. The number of nitrogens with zero attached hydrogens (tertiary/aromatic N) is 1. The van der Waals surface area contributed by atoms with Gasteiger partial charge in [0.15, 0.2) is 0 Å². The monoisotopic (exact) mass is 298 g/mol. The molecule has 0 aliphatic carbocycles. The van der Waals surface area contributed by atoms with E-state index in [1.807, 2.05) is 28.4 Å². The van der Waals surface area contributed by atoms with E-state index >= 15 is 0 Å². The summed E-state index contributed by atoms with van der Waals surface area (Å²) in [6.07, 6.45) is 1.87. The van der Waals surface area contributed by atoms with E-state index in [0.29, 0.717) is 5.91 Å². The van der Waals surface area contributed by atoms with E-state index in [1.54, 1.807) is 0 Å². The van der Waals surface area contributed by atoms with Crippen LogP contribution in [0.3, 0.4) is 0 Å². The highest BCUT2D eigenvalue weighted by molar-refractivity contribution is 7.10. The first kappa shape index (κ1) is 12.9. The maximum atomic E-state index is 12.8. The minimum atomic E-state index is 0.0695. The molecule has 4 heteroatoms. The Bertz CT molecular complexity index is 679. The summed E-state index contributed by atoms with van der Waals surface area (Å²) < 4.78 is 0. The summed E-state index contributed by atoms with van der Waals surface area (Å²) in [7, 11) is 0. The van der Waals surface area contributed by atoms with Crippen LogP contribution in [0.4, 0.5) is 5.69 Å². The second kappa shape index (κ2) is 5.19. The molecule has 0 fully saturated rings. The van der Waals surface area contributed by atoms with Gasteiger partial charge in [-0.2, -0.15) is 0 Å². The molecule has 0 saturated heterocycles. The molecule has 2 aromatic rings. The third kappa shape index (κ3) is 2.33. The van der Waals surface area contributed by atoms with Gasteiger partial charge >= 0.3 is 0 Å². The zero-order valence-corrected chi connectivity index (χ0v) is 12.7. The Morgan fingerprint density at radius 3 is 3.10 bits per heavy atom. The van der Waals surface area contributed by atoms with E-state index in [2.05, 4.69) is 28.9 Å². The largest absolute Gasteiger partial charge is 0.384 e. The predicted molar refractivity (Wildman–Crippen MR) is 85.6 cm³/mol. The molecule has 2 aliphatic rings. The van der Waals surface area contributed by atoms with E-state index in [4.69, 9.17) is 0 Å². The number of carbonyl (C=O) groups excluding carboxylic acids is 1. The van der Waals surface area contributed by atoms with Crippen molar-refractivity contribution >= 4 is 22.9 Å². The summed E-state index contributed by atoms with van der Waals surface area (Å²) in [5.74, 6) is 0.369. The normalized spacial score (nSPS) is 20.4. The van der Waals surface area contributed by atoms with Gasteiger partial charge in [-0.15, -0.1) is 11.3 Å². The van der Waals surface area contributed by atoms with Crippen molar-refractivity contribution in [3.63, 3.8) is 0 Å². The zero-order chi connectivity index (χ0) is 14.2. The average Bonchev–Trinajstić information content (AvgIpc) is 3.01. The van der Waals surface area contributed by atoms with E-state index in [-0.39, 0.29) is 5.92 Å². The number of carbonyl (C=O) groups is 1. The molecule has 0 spiro atoms. The first-order valence-electron chi connectivity index (χ1n) is 7.47. The van der Waals surface area contributed by atoms with E-state index < -0.39 is 0 Å². The lowest BCUT2D eigenvalue weighted by Gasteiger charge is -2.33. The van der Waals surface area contributed by atoms with Crippen LogP contribution in [0.2, 0.25) is 0 Å². The van der Waals surface area contributed by atoms with Crippen LogP contribution in [0.5, 0.6) is 0 Å². The highest BCUT2D eigenvalue weighted by Gasteiger charge is 2.30. The van der Waals surface area contributed by atoms with Crippen molar-refractivity contribution in [1.29, 1.82) is 0 Å². The molecule has 21 heavy (non-hydrogen) atoms. The van der Waals surface area contributed by atoms with Crippen molar-refractivity contribution in [1.82, 2.24) is 4.90 Å². The molecule has 0 radical (unpaired) electrons. The Balaban J connectivity index is 1.49. The number of nitrogens with one attached hydrogen (secondary N) is 1. The number of hydrogen-bond acceptors (Lipinski definition) is 3. The number of fused-ring (bicyclic) bond motifs is 2. The number of hydrogen-bond donors (Lipinski definition) is 1. The van der Waals surface area contributed by atoms with Crippen molar-refractivity contribution in [3.8, 4) is 0 Å². The van der Waals surface area contributed by atoms with Crippen molar-refractivity contribution in [3.05, 3.63) is 51.7 Å². The van der Waals surface area contributed by atoms with Crippen molar-refractivity contribution < 1.29 is 4.79 Å². The summed E-state index contributed by atoms with van der Waals surface area (Å²) in [5, 5.41) is 5.54. The first-order valence-corrected chi connectivity index (χ1v) is 8.35. The van der Waals surface area contributed by atoms with Crippen LogP contribution >= 0.6 is 11.3 Å². The van der Waals surface area contributed by atoms with Crippen molar-refractivity contribution in [2.24, 2.45) is 5.92 Å². The Labute approximate surface area is 128 Å². The van der Waals surface area contributed by atoms with Gasteiger partial charge in [-0.05, 0) is 41.5 Å². The fourth-order valence-electron chi connectivity index (χ4n) is 3.31. The van der Waals surface area contributed by atoms with Gasteiger partial charge < -0.3 is 10.2 Å². The fraction of sp³-hybridized carbons (Fsp3) is 0.353. The van der Waals surface area contributed by atoms with E-state index in [9.17, 15) is 4.79 Å². The lowest BCUT2D eigenvalue weighted by Crippen LogP contribution is -2.43. The highest BCUT2D eigenvalue weighted by Crippen LogP contribution is 2.28. The lowest BCUT2D eigenvalue weighted by atomic mass is 9.92. The van der Waals surface area contributed by atoms with Gasteiger partial charge in [0.2, 0.25) is 5.91 Å². The quantitative estimate of drug-likeness (QED) is 0.878. The third-order valence-electron chi connectivity index (χ3n) is 4.49. The summed E-state index contributed by atoms with van der Waals surface area (Å²) in [5.41, 5.74) is 3.78. The van der Waals surface area contributed by atoms with Crippen molar-refractivity contribution in [2.45, 2.75) is 19.4 Å². The number of benzene rings is 1. The van der Waals surface area contributed by atoms with Gasteiger partial charge in [0.1, 0.15) is 0 Å². The Morgan fingerprint density at radius 1 is 1.24 bits per heavy atom. The molecule has 0 bridgehead atoms. The molecule has 1 aromatic carbocycles. The van der Waals surface area contributed by atoms with Crippen LogP contribution in [-0.2, 0) is 24.2 Å². The Hall–Kier alpha value is -1.81. The van der Waals surface area contributed by atoms with E-state index in [1.165, 1.54) is 21.7 Å². The van der Waals surface area contributed by atoms with Crippen LogP contribution in [0.25, 0.3) is 0 Å². The van der Waals surface area contributed by atoms with Crippen molar-refractivity contribution in [2.75, 3.05) is 18.4 Å². The fourth-order valence-corrected chi connectivity index (χ4v) is 4.20. The Morgan fingerprint density at radius 2 is 2.14 bits per heavy atom. The molecular weight excluding hydrogens is 280 g/mol. The lowest BCUT2D eigenvalue weighted by molar-refractivity contribution is -0.136. The Kier molecular flexibility index (Phi) is 3.19. The number of thiophene rings is 1. The molecule has 3 nitrogen and oxygen atoms in total. The second-order valence-electron chi connectivity index (χ2n) is 5.82. The number of para-hydroxylation sites is 1. The minimum absolute atomic E-state index is 0.0695. The molecule has 4 rings (SSSR count). The first-order chi connectivity index (χ1) is 10.3. The molecule has 3 heterocycles. The number of rotatable bonds is 1. The van der Waals surface area contributed by atoms with Crippen LogP contribution < -0.4 is 5.32 Å². The molecule has 108 valence electrons. The third-order valence-corrected chi connectivity index (χ3v) is 5.51. The molecule has 1 atom stereocenters. The van der Waals surface area contributed by atoms with Gasteiger partial charge in [0, 0.05) is 30.2 Å². The number of amides is 1. The van der Waals surface area contributed by atoms with Crippen LogP contribution in [0.1, 0.15) is 16.0 Å². The molecule has 2 aliphatic heterocycles. The van der Waals surface area contributed by atoms with Gasteiger partial charge in [-0.25, -0.2) is 0 Å². The van der Waals surface area contributed by atoms with Gasteiger partial charge in [0.25, 0.3) is 0 Å². The maximum absolute atomic E-state index is 12.8. The minimum Gasteiger partial charge on any atom is -0.384 e. The van der Waals surface area contributed by atoms with Gasteiger partial charge in [-0.1, -0.05) is 18.2 Å². The molecule has 1 N–H and O–H groups in total. The zero-order valence-electron chi connectivity index (χ0n) is 11.8. The van der Waals surface area contributed by atoms with Crippen LogP contribution in [0, 0.1) is 5.92 Å². The summed E-state index contributed by atoms with van der Waals surface area (Å²) in [6.45, 7) is 2.41.